The van der Waals surface area contributed by atoms with E-state index in [1.165, 1.54) is 27.9 Å². The summed E-state index contributed by atoms with van der Waals surface area (Å²) in [7, 11) is 0. The van der Waals surface area contributed by atoms with E-state index in [-0.39, 0.29) is 13.2 Å². The zero-order valence-corrected chi connectivity index (χ0v) is 23.3. The number of aliphatic hydroxyl groups excluding tert-OH is 2. The van der Waals surface area contributed by atoms with E-state index >= 15 is 0 Å². The molecule has 0 aromatic heterocycles. The molecule has 0 saturated heterocycles. The van der Waals surface area contributed by atoms with Crippen LogP contribution in [-0.4, -0.2) is 21.9 Å². The number of anilines is 1. The van der Waals surface area contributed by atoms with Gasteiger partial charge in [0.1, 0.15) is 0 Å². The average Bonchev–Trinajstić information content (AvgIpc) is 2.92. The highest BCUT2D eigenvalue weighted by atomic mass is 16.3. The monoisotopic (exact) mass is 503 g/mol. The van der Waals surface area contributed by atoms with Gasteiger partial charge in [0.05, 0.1) is 18.8 Å². The summed E-state index contributed by atoms with van der Waals surface area (Å²) < 4.78 is 0. The molecule has 0 radical (unpaired) electrons. The lowest BCUT2D eigenvalue weighted by Gasteiger charge is -2.28. The Balaban J connectivity index is 2.03. The van der Waals surface area contributed by atoms with E-state index in [4.69, 9.17) is 0 Å². The summed E-state index contributed by atoms with van der Waals surface area (Å²) in [6.07, 6.45) is 4.44. The summed E-state index contributed by atoms with van der Waals surface area (Å²) in [4.78, 5) is 2.39. The first-order valence-electron chi connectivity index (χ1n) is 13.9. The molecule has 37 heavy (non-hydrogen) atoms. The van der Waals surface area contributed by atoms with Gasteiger partial charge in [-0.2, -0.15) is 0 Å². The Morgan fingerprint density at radius 3 is 2.08 bits per heavy atom. The van der Waals surface area contributed by atoms with Crippen molar-refractivity contribution in [1.82, 2.24) is 0 Å². The second-order valence-corrected chi connectivity index (χ2v) is 10.2. The van der Waals surface area contributed by atoms with Gasteiger partial charge in [0.15, 0.2) is 0 Å². The molecule has 0 fully saturated rings. The maximum absolute atomic E-state index is 11.2. The Morgan fingerprint density at radius 1 is 0.730 bits per heavy atom. The van der Waals surface area contributed by atoms with Crippen molar-refractivity contribution in [1.29, 1.82) is 0 Å². The molecule has 4 nitrogen and oxygen atoms in total. The molecule has 0 aliphatic carbocycles. The lowest BCUT2D eigenvalue weighted by molar-refractivity contribution is 0.0283. The maximum Gasteiger partial charge on any atom is 0.0891 e. The van der Waals surface area contributed by atoms with Crippen LogP contribution in [0.2, 0.25) is 0 Å². The summed E-state index contributed by atoms with van der Waals surface area (Å²) in [6.45, 7) is 12.2. The lowest BCUT2D eigenvalue weighted by Crippen LogP contribution is -2.24. The standard InChI is InChI=1S/C33H45NO3/c1-6-10-26-19-29(33(37,8-3)9-4)14-16-31(26)32-20-30(15-11-24(32)5)34(17-7-2)21-25-12-13-27(22-35)28(18-25)23-36/h11-16,18-20,35-37H,6-10,17,21-23H2,1-5H3. The molecular weight excluding hydrogens is 458 g/mol. The molecule has 0 aliphatic rings. The molecule has 3 rings (SSSR count). The van der Waals surface area contributed by atoms with E-state index in [0.29, 0.717) is 12.8 Å². The average molecular weight is 504 g/mol. The molecule has 0 heterocycles. The number of hydrogen-bond donors (Lipinski definition) is 3. The minimum Gasteiger partial charge on any atom is -0.392 e. The fraction of sp³-hybridized carbons (Fsp3) is 0.455. The van der Waals surface area contributed by atoms with E-state index in [2.05, 4.69) is 62.1 Å². The summed E-state index contributed by atoms with van der Waals surface area (Å²) in [5, 5.41) is 30.5. The van der Waals surface area contributed by atoms with Gasteiger partial charge in [0.25, 0.3) is 0 Å². The van der Waals surface area contributed by atoms with Crippen molar-refractivity contribution < 1.29 is 15.3 Å². The molecule has 0 aliphatic heterocycles. The Labute approximate surface area is 223 Å². The van der Waals surface area contributed by atoms with Crippen molar-refractivity contribution in [2.24, 2.45) is 0 Å². The molecule has 0 unspecified atom stereocenters. The first-order valence-corrected chi connectivity index (χ1v) is 13.9. The third-order valence-corrected chi connectivity index (χ3v) is 7.69. The first kappa shape index (κ1) is 28.9. The quantitative estimate of drug-likeness (QED) is 0.234. The third-order valence-electron chi connectivity index (χ3n) is 7.69. The van der Waals surface area contributed by atoms with Crippen LogP contribution < -0.4 is 4.90 Å². The topological polar surface area (TPSA) is 63.9 Å². The van der Waals surface area contributed by atoms with E-state index in [1.807, 2.05) is 32.0 Å². The van der Waals surface area contributed by atoms with Crippen LogP contribution in [0, 0.1) is 6.92 Å². The fourth-order valence-electron chi connectivity index (χ4n) is 5.25. The lowest BCUT2D eigenvalue weighted by atomic mass is 9.84. The number of aliphatic hydroxyl groups is 3. The summed E-state index contributed by atoms with van der Waals surface area (Å²) in [6, 6.07) is 19.2. The van der Waals surface area contributed by atoms with Gasteiger partial charge in [-0.25, -0.2) is 0 Å². The molecular formula is C33H45NO3. The number of rotatable bonds is 13. The molecule has 0 amide bonds. The summed E-state index contributed by atoms with van der Waals surface area (Å²) in [5.74, 6) is 0. The van der Waals surface area contributed by atoms with Crippen molar-refractivity contribution in [2.75, 3.05) is 11.4 Å². The highest BCUT2D eigenvalue weighted by molar-refractivity contribution is 5.75. The van der Waals surface area contributed by atoms with Crippen LogP contribution in [0.15, 0.2) is 54.6 Å². The van der Waals surface area contributed by atoms with Gasteiger partial charge in [-0.1, -0.05) is 76.6 Å². The molecule has 4 heteroatoms. The van der Waals surface area contributed by atoms with E-state index in [0.717, 1.165) is 54.6 Å². The van der Waals surface area contributed by atoms with Crippen molar-refractivity contribution in [3.8, 4) is 11.1 Å². The Hall–Kier alpha value is -2.66. The SMILES string of the molecule is CCCc1cc(C(O)(CC)CC)ccc1-c1cc(N(CCC)Cc2ccc(CO)c(CO)c2)ccc1C. The van der Waals surface area contributed by atoms with Crippen molar-refractivity contribution in [2.45, 2.75) is 92.1 Å². The van der Waals surface area contributed by atoms with Crippen LogP contribution in [0.25, 0.3) is 11.1 Å². The minimum atomic E-state index is -0.783. The fourth-order valence-corrected chi connectivity index (χ4v) is 5.25. The maximum atomic E-state index is 11.2. The third kappa shape index (κ3) is 6.62. The second kappa shape index (κ2) is 13.2. The van der Waals surface area contributed by atoms with Crippen LogP contribution >= 0.6 is 0 Å². The summed E-state index contributed by atoms with van der Waals surface area (Å²) in [5.41, 5.74) is 9.07. The smallest absolute Gasteiger partial charge is 0.0891 e. The van der Waals surface area contributed by atoms with Gasteiger partial charge in [0.2, 0.25) is 0 Å². The largest absolute Gasteiger partial charge is 0.392 e. The van der Waals surface area contributed by atoms with Crippen LogP contribution in [0.4, 0.5) is 5.69 Å². The second-order valence-electron chi connectivity index (χ2n) is 10.2. The van der Waals surface area contributed by atoms with Gasteiger partial charge >= 0.3 is 0 Å². The normalized spacial score (nSPS) is 11.7. The molecule has 0 saturated carbocycles. The predicted molar refractivity (Wildman–Crippen MR) is 155 cm³/mol. The van der Waals surface area contributed by atoms with Crippen molar-refractivity contribution >= 4 is 5.69 Å². The van der Waals surface area contributed by atoms with Crippen LogP contribution in [0.1, 0.15) is 86.8 Å². The minimum absolute atomic E-state index is 0.0665. The van der Waals surface area contributed by atoms with Crippen molar-refractivity contribution in [3.05, 3.63) is 88.0 Å². The number of benzene rings is 3. The number of hydrogen-bond acceptors (Lipinski definition) is 4. The van der Waals surface area contributed by atoms with Gasteiger partial charge < -0.3 is 20.2 Å². The van der Waals surface area contributed by atoms with Gasteiger partial charge in [-0.3, -0.25) is 0 Å². The van der Waals surface area contributed by atoms with Gasteiger partial charge in [-0.15, -0.1) is 0 Å². The van der Waals surface area contributed by atoms with E-state index < -0.39 is 5.60 Å². The molecule has 3 aromatic carbocycles. The number of aryl methyl sites for hydroxylation is 2. The van der Waals surface area contributed by atoms with Crippen molar-refractivity contribution in [3.63, 3.8) is 0 Å². The van der Waals surface area contributed by atoms with Gasteiger partial charge in [0, 0.05) is 18.8 Å². The zero-order chi connectivity index (χ0) is 27.0. The first-order chi connectivity index (χ1) is 17.8. The summed E-state index contributed by atoms with van der Waals surface area (Å²) >= 11 is 0. The Morgan fingerprint density at radius 2 is 1.46 bits per heavy atom. The Bertz CT molecular complexity index is 1170. The van der Waals surface area contributed by atoms with Crippen LogP contribution in [0.5, 0.6) is 0 Å². The van der Waals surface area contributed by atoms with Crippen LogP contribution in [0.3, 0.4) is 0 Å². The van der Waals surface area contributed by atoms with Gasteiger partial charge in [-0.05, 0) is 89.2 Å². The molecule has 0 bridgehead atoms. The molecule has 200 valence electrons. The Kier molecular flexibility index (Phi) is 10.3. The molecule has 0 spiro atoms. The highest BCUT2D eigenvalue weighted by Crippen LogP contribution is 2.36. The predicted octanol–water partition coefficient (Wildman–Crippen LogP) is 7.02. The highest BCUT2D eigenvalue weighted by Gasteiger charge is 2.26. The van der Waals surface area contributed by atoms with E-state index in [9.17, 15) is 15.3 Å². The molecule has 0 atom stereocenters. The number of nitrogens with zero attached hydrogens (tertiary/aromatic N) is 1. The van der Waals surface area contributed by atoms with E-state index in [1.54, 1.807) is 0 Å². The molecule has 3 aromatic rings. The molecule has 3 N–H and O–H groups in total. The zero-order valence-electron chi connectivity index (χ0n) is 23.3. The van der Waals surface area contributed by atoms with Crippen LogP contribution in [-0.2, 0) is 31.8 Å².